The van der Waals surface area contributed by atoms with Gasteiger partial charge < -0.3 is 10.1 Å². The maximum Gasteiger partial charge on any atom is 0.307 e. The lowest BCUT2D eigenvalue weighted by atomic mass is 9.92. The largest absolute Gasteiger partial charge is 0.457 e. The Kier molecular flexibility index (Phi) is 4.23. The molecule has 112 valence electrons. The van der Waals surface area contributed by atoms with Crippen molar-refractivity contribution in [2.24, 2.45) is 5.92 Å². The zero-order chi connectivity index (χ0) is 14.7. The molecular formula is C17H21NO3. The van der Waals surface area contributed by atoms with Gasteiger partial charge in [-0.3, -0.25) is 9.59 Å². The van der Waals surface area contributed by atoms with Gasteiger partial charge in [-0.05, 0) is 18.4 Å². The van der Waals surface area contributed by atoms with E-state index in [9.17, 15) is 9.59 Å². The van der Waals surface area contributed by atoms with Crippen molar-refractivity contribution >= 4 is 11.9 Å². The van der Waals surface area contributed by atoms with Crippen molar-refractivity contribution in [1.82, 2.24) is 5.32 Å². The van der Waals surface area contributed by atoms with Gasteiger partial charge in [0.1, 0.15) is 6.10 Å². The summed E-state index contributed by atoms with van der Waals surface area (Å²) in [5.74, 6) is -0.726. The Morgan fingerprint density at radius 3 is 2.52 bits per heavy atom. The van der Waals surface area contributed by atoms with Crippen molar-refractivity contribution < 1.29 is 14.3 Å². The number of carbonyl (C=O) groups is 2. The Morgan fingerprint density at radius 1 is 1.10 bits per heavy atom. The molecule has 1 N–H and O–H groups in total. The normalized spacial score (nSPS) is 26.4. The first kappa shape index (κ1) is 14.1. The monoisotopic (exact) mass is 287 g/mol. The number of hydrogen-bond acceptors (Lipinski definition) is 3. The number of carbonyl (C=O) groups excluding carboxylic acids is 2. The standard InChI is InChI=1S/C17H21NO3/c19-15-11-14(16(21-15)12-7-3-1-4-8-12)17(20)18-13-9-5-2-6-10-13/h1,3-4,7-8,13-14,16H,2,5-6,9-11H2,(H,18,20)/t14-,16+/m1/s1. The van der Waals surface area contributed by atoms with E-state index in [1.165, 1.54) is 19.3 Å². The summed E-state index contributed by atoms with van der Waals surface area (Å²) < 4.78 is 5.37. The van der Waals surface area contributed by atoms with Crippen LogP contribution in [0.15, 0.2) is 30.3 Å². The molecule has 1 aromatic rings. The highest BCUT2D eigenvalue weighted by Crippen LogP contribution is 2.35. The fourth-order valence-corrected chi connectivity index (χ4v) is 3.29. The number of rotatable bonds is 3. The smallest absolute Gasteiger partial charge is 0.307 e. The minimum Gasteiger partial charge on any atom is -0.457 e. The lowest BCUT2D eigenvalue weighted by Crippen LogP contribution is -2.40. The molecule has 4 heteroatoms. The van der Waals surface area contributed by atoms with Gasteiger partial charge in [0, 0.05) is 6.04 Å². The van der Waals surface area contributed by atoms with Gasteiger partial charge in [0.25, 0.3) is 0 Å². The predicted molar refractivity (Wildman–Crippen MR) is 78.4 cm³/mol. The summed E-state index contributed by atoms with van der Waals surface area (Å²) in [7, 11) is 0. The summed E-state index contributed by atoms with van der Waals surface area (Å²) in [6, 6.07) is 9.79. The number of nitrogens with one attached hydrogen (secondary N) is 1. The van der Waals surface area contributed by atoms with E-state index in [-0.39, 0.29) is 24.3 Å². The van der Waals surface area contributed by atoms with Crippen LogP contribution in [0.3, 0.4) is 0 Å². The number of esters is 1. The summed E-state index contributed by atoms with van der Waals surface area (Å²) in [6.07, 6.45) is 5.43. The molecule has 1 saturated heterocycles. The highest BCUT2D eigenvalue weighted by atomic mass is 16.6. The minimum atomic E-state index is -0.442. The summed E-state index contributed by atoms with van der Waals surface area (Å²) in [4.78, 5) is 24.1. The third-order valence-corrected chi connectivity index (χ3v) is 4.43. The van der Waals surface area contributed by atoms with Crippen LogP contribution >= 0.6 is 0 Å². The van der Waals surface area contributed by atoms with Crippen LogP contribution in [-0.2, 0) is 14.3 Å². The molecule has 0 aromatic heterocycles. The topological polar surface area (TPSA) is 55.4 Å². The molecule has 1 aliphatic heterocycles. The van der Waals surface area contributed by atoms with Crippen LogP contribution in [0, 0.1) is 5.92 Å². The van der Waals surface area contributed by atoms with Crippen LogP contribution in [-0.4, -0.2) is 17.9 Å². The number of cyclic esters (lactones) is 1. The Balaban J connectivity index is 1.69. The van der Waals surface area contributed by atoms with E-state index in [4.69, 9.17) is 4.74 Å². The van der Waals surface area contributed by atoms with Gasteiger partial charge in [-0.25, -0.2) is 0 Å². The van der Waals surface area contributed by atoms with Gasteiger partial charge in [-0.15, -0.1) is 0 Å². The summed E-state index contributed by atoms with van der Waals surface area (Å²) in [5, 5.41) is 3.11. The lowest BCUT2D eigenvalue weighted by Gasteiger charge is -2.25. The Hall–Kier alpha value is -1.84. The van der Waals surface area contributed by atoms with Gasteiger partial charge in [-0.2, -0.15) is 0 Å². The first-order chi connectivity index (χ1) is 10.2. The van der Waals surface area contributed by atoms with Crippen molar-refractivity contribution in [3.05, 3.63) is 35.9 Å². The Morgan fingerprint density at radius 2 is 1.81 bits per heavy atom. The Labute approximate surface area is 124 Å². The summed E-state index contributed by atoms with van der Waals surface area (Å²) in [5.41, 5.74) is 0.896. The average Bonchev–Trinajstić information content (AvgIpc) is 2.91. The fraction of sp³-hybridized carbons (Fsp3) is 0.529. The molecular weight excluding hydrogens is 266 g/mol. The van der Waals surface area contributed by atoms with Crippen molar-refractivity contribution in [3.63, 3.8) is 0 Å². The van der Waals surface area contributed by atoms with Gasteiger partial charge in [0.15, 0.2) is 0 Å². The zero-order valence-electron chi connectivity index (χ0n) is 12.1. The molecule has 1 saturated carbocycles. The Bertz CT molecular complexity index is 508. The molecule has 2 atom stereocenters. The highest BCUT2D eigenvalue weighted by Gasteiger charge is 2.41. The molecule has 2 aliphatic rings. The number of hydrogen-bond donors (Lipinski definition) is 1. The second-order valence-corrected chi connectivity index (χ2v) is 5.98. The van der Waals surface area contributed by atoms with E-state index < -0.39 is 12.0 Å². The van der Waals surface area contributed by atoms with Gasteiger partial charge in [0.2, 0.25) is 5.91 Å². The molecule has 1 aromatic carbocycles. The van der Waals surface area contributed by atoms with E-state index in [0.717, 1.165) is 18.4 Å². The second-order valence-electron chi connectivity index (χ2n) is 5.98. The maximum absolute atomic E-state index is 12.5. The first-order valence-electron chi connectivity index (χ1n) is 7.79. The molecule has 2 fully saturated rings. The zero-order valence-corrected chi connectivity index (χ0v) is 12.1. The number of ether oxygens (including phenoxy) is 1. The predicted octanol–water partition coefficient (Wildman–Crippen LogP) is 2.74. The second kappa shape index (κ2) is 6.29. The van der Waals surface area contributed by atoms with Crippen molar-refractivity contribution in [1.29, 1.82) is 0 Å². The van der Waals surface area contributed by atoms with E-state index >= 15 is 0 Å². The fourth-order valence-electron chi connectivity index (χ4n) is 3.29. The molecule has 3 rings (SSSR count). The molecule has 4 nitrogen and oxygen atoms in total. The van der Waals surface area contributed by atoms with E-state index in [2.05, 4.69) is 5.32 Å². The minimum absolute atomic E-state index is 0.0402. The summed E-state index contributed by atoms with van der Waals surface area (Å²) >= 11 is 0. The van der Waals surface area contributed by atoms with Gasteiger partial charge in [0.05, 0.1) is 12.3 Å². The third-order valence-electron chi connectivity index (χ3n) is 4.43. The van der Waals surface area contributed by atoms with E-state index in [1.807, 2.05) is 30.3 Å². The molecule has 0 unspecified atom stereocenters. The van der Waals surface area contributed by atoms with Crippen LogP contribution in [0.1, 0.15) is 50.2 Å². The maximum atomic E-state index is 12.5. The molecule has 0 spiro atoms. The van der Waals surface area contributed by atoms with Crippen molar-refractivity contribution in [2.75, 3.05) is 0 Å². The average molecular weight is 287 g/mol. The molecule has 0 bridgehead atoms. The summed E-state index contributed by atoms with van der Waals surface area (Å²) in [6.45, 7) is 0. The number of benzene rings is 1. The van der Waals surface area contributed by atoms with Crippen LogP contribution in [0.5, 0.6) is 0 Å². The van der Waals surface area contributed by atoms with Crippen LogP contribution in [0.2, 0.25) is 0 Å². The number of amides is 1. The van der Waals surface area contributed by atoms with Crippen molar-refractivity contribution in [2.45, 2.75) is 50.7 Å². The van der Waals surface area contributed by atoms with Gasteiger partial charge >= 0.3 is 5.97 Å². The van der Waals surface area contributed by atoms with Crippen LogP contribution in [0.4, 0.5) is 0 Å². The molecule has 1 heterocycles. The van der Waals surface area contributed by atoms with Crippen molar-refractivity contribution in [3.8, 4) is 0 Å². The van der Waals surface area contributed by atoms with Crippen LogP contribution in [0.25, 0.3) is 0 Å². The molecule has 21 heavy (non-hydrogen) atoms. The lowest BCUT2D eigenvalue weighted by molar-refractivity contribution is -0.141. The van der Waals surface area contributed by atoms with Crippen LogP contribution < -0.4 is 5.32 Å². The first-order valence-corrected chi connectivity index (χ1v) is 7.79. The molecule has 1 aliphatic carbocycles. The third kappa shape index (κ3) is 3.26. The van der Waals surface area contributed by atoms with Gasteiger partial charge in [-0.1, -0.05) is 49.6 Å². The van der Waals surface area contributed by atoms with E-state index in [0.29, 0.717) is 0 Å². The quantitative estimate of drug-likeness (QED) is 0.870. The molecule has 0 radical (unpaired) electrons. The molecule has 1 amide bonds. The SMILES string of the molecule is O=C1C[C@@H](C(=O)NC2CCCCC2)[C@H](c2ccccc2)O1. The highest BCUT2D eigenvalue weighted by molar-refractivity contribution is 5.87. The van der Waals surface area contributed by atoms with E-state index in [1.54, 1.807) is 0 Å².